The minimum Gasteiger partial charge on any atom is -0.415 e. The van der Waals surface area contributed by atoms with Crippen LogP contribution in [0.2, 0.25) is 0 Å². The van der Waals surface area contributed by atoms with E-state index in [2.05, 4.69) is 60.8 Å². The molecule has 0 radical (unpaired) electrons. The summed E-state index contributed by atoms with van der Waals surface area (Å²) in [4.78, 5) is 16.8. The van der Waals surface area contributed by atoms with Crippen molar-refractivity contribution in [3.63, 3.8) is 0 Å². The van der Waals surface area contributed by atoms with Crippen LogP contribution in [-0.4, -0.2) is 40.3 Å². The van der Waals surface area contributed by atoms with Crippen molar-refractivity contribution in [3.05, 3.63) is 64.6 Å². The molecule has 4 rings (SSSR count). The van der Waals surface area contributed by atoms with Crippen molar-refractivity contribution in [2.45, 2.75) is 85.2 Å². The predicted octanol–water partition coefficient (Wildman–Crippen LogP) is 6.26. The summed E-state index contributed by atoms with van der Waals surface area (Å²) >= 11 is 0. The monoisotopic (exact) mass is 476 g/mol. The first-order valence-corrected chi connectivity index (χ1v) is 13.4. The molecule has 1 aliphatic rings. The first-order valence-electron chi connectivity index (χ1n) is 13.4. The first kappa shape index (κ1) is 25.4. The van der Waals surface area contributed by atoms with Gasteiger partial charge in [-0.3, -0.25) is 14.3 Å². The number of unbranched alkanes of at least 4 members (excludes halogenated alkanes) is 4. The summed E-state index contributed by atoms with van der Waals surface area (Å²) in [6.45, 7) is 9.71. The molecule has 1 unspecified atom stereocenters. The third-order valence-electron chi connectivity index (χ3n) is 7.49. The Balaban J connectivity index is 1.46. The van der Waals surface area contributed by atoms with Crippen LogP contribution in [0.3, 0.4) is 0 Å². The SMILES string of the molecule is CCCCCCCC(=O)OC[N+]1(C)CCc2c(c3cc(C)ccc3n2CCc2ccc(C)nc2)C1. The molecule has 1 aromatic carbocycles. The summed E-state index contributed by atoms with van der Waals surface area (Å²) in [5, 5.41) is 1.35. The number of nitrogens with zero attached hydrogens (tertiary/aromatic N) is 3. The molecule has 2 aromatic heterocycles. The van der Waals surface area contributed by atoms with Crippen molar-refractivity contribution in [1.82, 2.24) is 9.55 Å². The molecule has 1 aliphatic heterocycles. The number of hydrogen-bond donors (Lipinski definition) is 0. The number of aryl methyl sites for hydroxylation is 4. The third kappa shape index (κ3) is 6.32. The molecule has 0 amide bonds. The van der Waals surface area contributed by atoms with Gasteiger partial charge >= 0.3 is 5.97 Å². The van der Waals surface area contributed by atoms with Crippen LogP contribution in [0.15, 0.2) is 36.5 Å². The highest BCUT2D eigenvalue weighted by Gasteiger charge is 2.34. The van der Waals surface area contributed by atoms with Crippen LogP contribution in [0, 0.1) is 13.8 Å². The number of fused-ring (bicyclic) bond motifs is 3. The van der Waals surface area contributed by atoms with Gasteiger partial charge in [-0.2, -0.15) is 0 Å². The van der Waals surface area contributed by atoms with E-state index in [0.29, 0.717) is 13.2 Å². The molecule has 0 saturated carbocycles. The Bertz CT molecular complexity index is 1150. The van der Waals surface area contributed by atoms with Crippen LogP contribution in [0.1, 0.15) is 73.5 Å². The molecule has 1 atom stereocenters. The fourth-order valence-electron chi connectivity index (χ4n) is 5.32. The minimum atomic E-state index is -0.0448. The molecule has 0 N–H and O–H groups in total. The van der Waals surface area contributed by atoms with Crippen LogP contribution in [0.5, 0.6) is 0 Å². The standard InChI is InChI=1S/C30H42N3O2/c1-5-6-7-8-9-10-30(34)35-22-33(4)18-16-29-27(21-33)26-19-23(2)11-14-28(26)32(29)17-15-25-13-12-24(3)31-20-25/h11-14,19-20H,5-10,15-18,21-22H2,1-4H3/q+1. The fraction of sp³-hybridized carbons (Fsp3) is 0.533. The van der Waals surface area contributed by atoms with Crippen molar-refractivity contribution in [1.29, 1.82) is 0 Å². The Morgan fingerprint density at radius 3 is 2.71 bits per heavy atom. The van der Waals surface area contributed by atoms with E-state index in [4.69, 9.17) is 4.74 Å². The summed E-state index contributed by atoms with van der Waals surface area (Å²) in [7, 11) is 2.23. The maximum atomic E-state index is 12.4. The lowest BCUT2D eigenvalue weighted by atomic mass is 10.0. The maximum Gasteiger partial charge on any atom is 0.310 e. The van der Waals surface area contributed by atoms with Gasteiger partial charge in [0.2, 0.25) is 6.73 Å². The third-order valence-corrected chi connectivity index (χ3v) is 7.49. The van der Waals surface area contributed by atoms with E-state index in [-0.39, 0.29) is 5.97 Å². The molecule has 3 heterocycles. The molecule has 0 fully saturated rings. The van der Waals surface area contributed by atoms with Gasteiger partial charge in [-0.25, -0.2) is 0 Å². The molecular weight excluding hydrogens is 434 g/mol. The van der Waals surface area contributed by atoms with E-state index < -0.39 is 0 Å². The number of hydrogen-bond acceptors (Lipinski definition) is 3. The summed E-state index contributed by atoms with van der Waals surface area (Å²) in [6.07, 6.45) is 10.3. The number of rotatable bonds is 11. The lowest BCUT2D eigenvalue weighted by Gasteiger charge is -2.37. The van der Waals surface area contributed by atoms with Crippen LogP contribution in [0.25, 0.3) is 10.9 Å². The second-order valence-corrected chi connectivity index (χ2v) is 10.7. The van der Waals surface area contributed by atoms with Crippen molar-refractivity contribution in [2.75, 3.05) is 20.3 Å². The lowest BCUT2D eigenvalue weighted by Crippen LogP contribution is -2.49. The van der Waals surface area contributed by atoms with Gasteiger partial charge in [-0.15, -0.1) is 0 Å². The number of benzene rings is 1. The molecular formula is C30H42N3O2+. The van der Waals surface area contributed by atoms with E-state index in [1.54, 1.807) is 0 Å². The molecule has 3 aromatic rings. The summed E-state index contributed by atoms with van der Waals surface area (Å²) in [6, 6.07) is 11.1. The Morgan fingerprint density at radius 2 is 1.94 bits per heavy atom. The highest BCUT2D eigenvalue weighted by molar-refractivity contribution is 5.86. The normalized spacial score (nSPS) is 17.5. The van der Waals surface area contributed by atoms with Gasteiger partial charge in [-0.1, -0.05) is 50.3 Å². The fourth-order valence-corrected chi connectivity index (χ4v) is 5.32. The van der Waals surface area contributed by atoms with Gasteiger partial charge in [0.25, 0.3) is 0 Å². The first-order chi connectivity index (χ1) is 16.9. The van der Waals surface area contributed by atoms with Gasteiger partial charge in [0.1, 0.15) is 6.54 Å². The van der Waals surface area contributed by atoms with Gasteiger partial charge in [0.15, 0.2) is 0 Å². The van der Waals surface area contributed by atoms with Crippen molar-refractivity contribution in [3.8, 4) is 0 Å². The maximum absolute atomic E-state index is 12.4. The predicted molar refractivity (Wildman–Crippen MR) is 142 cm³/mol. The average molecular weight is 477 g/mol. The number of carbonyl (C=O) groups is 1. The van der Waals surface area contributed by atoms with E-state index in [9.17, 15) is 4.79 Å². The van der Waals surface area contributed by atoms with E-state index in [0.717, 1.165) is 55.5 Å². The highest BCUT2D eigenvalue weighted by atomic mass is 16.5. The molecule has 188 valence electrons. The quantitative estimate of drug-likeness (QED) is 0.186. The molecule has 0 saturated heterocycles. The lowest BCUT2D eigenvalue weighted by molar-refractivity contribution is -0.940. The van der Waals surface area contributed by atoms with Gasteiger partial charge < -0.3 is 9.30 Å². The Labute approximate surface area is 210 Å². The highest BCUT2D eigenvalue weighted by Crippen LogP contribution is 2.34. The van der Waals surface area contributed by atoms with E-state index >= 15 is 0 Å². The van der Waals surface area contributed by atoms with Gasteiger partial charge in [0, 0.05) is 53.4 Å². The molecule has 0 bridgehead atoms. The molecule has 5 heteroatoms. The number of carbonyl (C=O) groups excluding carboxylic acids is 1. The topological polar surface area (TPSA) is 44.1 Å². The second kappa shape index (κ2) is 11.4. The second-order valence-electron chi connectivity index (χ2n) is 10.7. The smallest absolute Gasteiger partial charge is 0.310 e. The summed E-state index contributed by atoms with van der Waals surface area (Å²) in [5.74, 6) is -0.0448. The van der Waals surface area contributed by atoms with E-state index in [1.165, 1.54) is 52.5 Å². The van der Waals surface area contributed by atoms with Crippen LogP contribution >= 0.6 is 0 Å². The van der Waals surface area contributed by atoms with E-state index in [1.807, 2.05) is 13.1 Å². The van der Waals surface area contributed by atoms with Crippen molar-refractivity contribution < 1.29 is 14.0 Å². The number of likely N-dealkylation sites (N-methyl/N-ethyl adjacent to an activating group) is 1. The number of pyridine rings is 1. The van der Waals surface area contributed by atoms with Gasteiger partial charge in [0.05, 0.1) is 13.6 Å². The summed E-state index contributed by atoms with van der Waals surface area (Å²) in [5.41, 5.74) is 7.81. The van der Waals surface area contributed by atoms with Crippen LogP contribution in [-0.2, 0) is 35.5 Å². The Hall–Kier alpha value is -2.66. The summed E-state index contributed by atoms with van der Waals surface area (Å²) < 4.78 is 9.06. The Kier molecular flexibility index (Phi) is 8.27. The zero-order valence-electron chi connectivity index (χ0n) is 22.1. The zero-order valence-corrected chi connectivity index (χ0v) is 22.1. The van der Waals surface area contributed by atoms with Gasteiger partial charge in [-0.05, 0) is 50.5 Å². The Morgan fingerprint density at radius 1 is 1.11 bits per heavy atom. The molecule has 5 nitrogen and oxygen atoms in total. The molecule has 0 aliphatic carbocycles. The molecule has 0 spiro atoms. The number of esters is 1. The van der Waals surface area contributed by atoms with Crippen molar-refractivity contribution >= 4 is 16.9 Å². The van der Waals surface area contributed by atoms with Crippen molar-refractivity contribution in [2.24, 2.45) is 0 Å². The molecule has 35 heavy (non-hydrogen) atoms. The minimum absolute atomic E-state index is 0.0448. The number of ether oxygens (including phenoxy) is 1. The number of quaternary nitrogens is 1. The number of aromatic nitrogens is 2. The average Bonchev–Trinajstić information content (AvgIpc) is 3.14. The largest absolute Gasteiger partial charge is 0.415 e. The zero-order chi connectivity index (χ0) is 24.8. The van der Waals surface area contributed by atoms with Crippen LogP contribution < -0.4 is 0 Å². The van der Waals surface area contributed by atoms with Crippen LogP contribution in [0.4, 0.5) is 0 Å².